The van der Waals surface area contributed by atoms with E-state index in [1.807, 2.05) is 0 Å². The number of carbonyl (C=O) groups excluding carboxylic acids is 1. The Balaban J connectivity index is 1.80. The van der Waals surface area contributed by atoms with E-state index in [9.17, 15) is 31.1 Å². The van der Waals surface area contributed by atoms with Gasteiger partial charge in [0.25, 0.3) is 0 Å². The van der Waals surface area contributed by atoms with Crippen LogP contribution in [0.1, 0.15) is 37.8 Å². The Hall–Kier alpha value is -2.20. The highest BCUT2D eigenvalue weighted by Crippen LogP contribution is 2.59. The van der Waals surface area contributed by atoms with Crippen LogP contribution >= 0.6 is 0 Å². The lowest BCUT2D eigenvalue weighted by atomic mass is 10.0. The zero-order chi connectivity index (χ0) is 20.3. The van der Waals surface area contributed by atoms with Gasteiger partial charge < -0.3 is 15.4 Å². The number of rotatable bonds is 7. The van der Waals surface area contributed by atoms with Crippen molar-refractivity contribution in [1.29, 1.82) is 0 Å². The molecule has 5 nitrogen and oxygen atoms in total. The molecule has 0 aromatic carbocycles. The quantitative estimate of drug-likeness (QED) is 0.679. The maximum absolute atomic E-state index is 12.8. The van der Waals surface area contributed by atoms with E-state index in [1.54, 1.807) is 6.92 Å². The van der Waals surface area contributed by atoms with Crippen molar-refractivity contribution >= 4 is 6.03 Å². The number of aromatic nitrogens is 1. The highest BCUT2D eigenvalue weighted by atomic mass is 19.4. The molecule has 27 heavy (non-hydrogen) atoms. The molecule has 11 heteroatoms. The first-order valence-electron chi connectivity index (χ1n) is 8.18. The average Bonchev–Trinajstić information content (AvgIpc) is 3.33. The van der Waals surface area contributed by atoms with E-state index in [4.69, 9.17) is 0 Å². The largest absolute Gasteiger partial charge is 0.468 e. The zero-order valence-electron chi connectivity index (χ0n) is 14.4. The second-order valence-corrected chi connectivity index (χ2v) is 6.48. The molecule has 0 radical (unpaired) electrons. The summed E-state index contributed by atoms with van der Waals surface area (Å²) in [6.45, 7) is -0.0540. The van der Waals surface area contributed by atoms with Crippen molar-refractivity contribution in [1.82, 2.24) is 15.6 Å². The summed E-state index contributed by atoms with van der Waals surface area (Å²) >= 11 is 0. The second-order valence-electron chi connectivity index (χ2n) is 6.48. The lowest BCUT2D eigenvalue weighted by Gasteiger charge is -2.20. The molecule has 0 spiro atoms. The third-order valence-electron chi connectivity index (χ3n) is 4.33. The molecule has 152 valence electrons. The van der Waals surface area contributed by atoms with Crippen molar-refractivity contribution < 1.29 is 35.9 Å². The van der Waals surface area contributed by atoms with Gasteiger partial charge in [-0.05, 0) is 37.8 Å². The van der Waals surface area contributed by atoms with Crippen LogP contribution in [0.15, 0.2) is 18.3 Å². The fraction of sp³-hybridized carbons (Fsp3) is 0.625. The van der Waals surface area contributed by atoms with Gasteiger partial charge in [-0.15, -0.1) is 0 Å². The lowest BCUT2D eigenvalue weighted by molar-refractivity contribution is -0.188. The van der Waals surface area contributed by atoms with E-state index in [0.717, 1.165) is 0 Å². The summed E-state index contributed by atoms with van der Waals surface area (Å²) in [5.74, 6) is -0.250. The minimum absolute atomic E-state index is 0.0634. The molecular formula is C16H19F6N3O2. The fourth-order valence-corrected chi connectivity index (χ4v) is 2.50. The van der Waals surface area contributed by atoms with Gasteiger partial charge in [0.15, 0.2) is 6.61 Å². The number of nitrogens with zero attached hydrogens (tertiary/aromatic N) is 1. The van der Waals surface area contributed by atoms with Gasteiger partial charge >= 0.3 is 18.4 Å². The first kappa shape index (κ1) is 21.1. The summed E-state index contributed by atoms with van der Waals surface area (Å²) in [5.41, 5.74) is -1.26. The SMILES string of the molecule is C[C@@H](NC(=O)NCCC1(C(F)(F)F)CC1)c1ccnc(OCC(F)(F)F)c1. The van der Waals surface area contributed by atoms with Crippen molar-refractivity contribution in [2.24, 2.45) is 5.41 Å². The van der Waals surface area contributed by atoms with E-state index < -0.39 is 36.4 Å². The van der Waals surface area contributed by atoms with Gasteiger partial charge in [-0.3, -0.25) is 0 Å². The monoisotopic (exact) mass is 399 g/mol. The van der Waals surface area contributed by atoms with Crippen LogP contribution in [0.2, 0.25) is 0 Å². The van der Waals surface area contributed by atoms with Crippen LogP contribution in [0.25, 0.3) is 0 Å². The molecule has 1 aromatic heterocycles. The van der Waals surface area contributed by atoms with E-state index in [2.05, 4.69) is 20.4 Å². The van der Waals surface area contributed by atoms with E-state index in [-0.39, 0.29) is 31.7 Å². The third kappa shape index (κ3) is 6.17. The van der Waals surface area contributed by atoms with Gasteiger partial charge in [-0.2, -0.15) is 26.3 Å². The van der Waals surface area contributed by atoms with Crippen LogP contribution in [0.5, 0.6) is 5.88 Å². The predicted octanol–water partition coefficient (Wildman–Crippen LogP) is 4.12. The van der Waals surface area contributed by atoms with E-state index in [0.29, 0.717) is 5.56 Å². The Kier molecular flexibility index (Phi) is 6.10. The minimum atomic E-state index is -4.50. The molecule has 1 aromatic rings. The molecule has 0 aliphatic heterocycles. The van der Waals surface area contributed by atoms with Crippen molar-refractivity contribution in [3.8, 4) is 5.88 Å². The van der Waals surface area contributed by atoms with Crippen LogP contribution in [-0.4, -0.2) is 36.5 Å². The summed E-state index contributed by atoms with van der Waals surface area (Å²) in [7, 11) is 0. The standard InChI is InChI=1S/C16H19F6N3O2/c1-10(11-2-6-23-12(8-11)27-9-15(17,18)19)25-13(26)24-7-5-14(3-4-14)16(20,21)22/h2,6,8,10H,3-5,7,9H2,1H3,(H2,24,25,26)/t10-/m1/s1. The molecule has 0 unspecified atom stereocenters. The highest BCUT2D eigenvalue weighted by molar-refractivity contribution is 5.74. The third-order valence-corrected chi connectivity index (χ3v) is 4.33. The van der Waals surface area contributed by atoms with E-state index >= 15 is 0 Å². The molecule has 1 aliphatic rings. The molecule has 1 saturated carbocycles. The zero-order valence-corrected chi connectivity index (χ0v) is 14.4. The fourth-order valence-electron chi connectivity index (χ4n) is 2.50. The van der Waals surface area contributed by atoms with Crippen LogP contribution in [-0.2, 0) is 0 Å². The Morgan fingerprint density at radius 1 is 1.30 bits per heavy atom. The number of urea groups is 1. The van der Waals surface area contributed by atoms with Crippen LogP contribution in [0, 0.1) is 5.41 Å². The number of alkyl halides is 6. The van der Waals surface area contributed by atoms with Crippen LogP contribution in [0.3, 0.4) is 0 Å². The molecule has 2 amide bonds. The molecule has 1 aliphatic carbocycles. The summed E-state index contributed by atoms with van der Waals surface area (Å²) in [6.07, 6.45) is -7.61. The molecule has 0 bridgehead atoms. The summed E-state index contributed by atoms with van der Waals surface area (Å²) in [5, 5.41) is 4.87. The van der Waals surface area contributed by atoms with Crippen molar-refractivity contribution in [3.05, 3.63) is 23.9 Å². The molecule has 1 fully saturated rings. The van der Waals surface area contributed by atoms with Gasteiger partial charge in [0.2, 0.25) is 5.88 Å². The summed E-state index contributed by atoms with van der Waals surface area (Å²) in [6, 6.07) is 1.45. The predicted molar refractivity (Wildman–Crippen MR) is 83.1 cm³/mol. The summed E-state index contributed by atoms with van der Waals surface area (Å²) in [4.78, 5) is 15.5. The van der Waals surface area contributed by atoms with Gasteiger partial charge in [0, 0.05) is 18.8 Å². The molecule has 1 heterocycles. The number of nitrogens with one attached hydrogen (secondary N) is 2. The minimum Gasteiger partial charge on any atom is -0.468 e. The maximum atomic E-state index is 12.8. The van der Waals surface area contributed by atoms with Crippen molar-refractivity contribution in [3.63, 3.8) is 0 Å². The van der Waals surface area contributed by atoms with Gasteiger partial charge in [-0.25, -0.2) is 9.78 Å². The van der Waals surface area contributed by atoms with Crippen LogP contribution in [0.4, 0.5) is 31.1 Å². The molecule has 0 saturated heterocycles. The normalized spacial score (nSPS) is 17.1. The Labute approximate surface area is 151 Å². The highest BCUT2D eigenvalue weighted by Gasteiger charge is 2.62. The number of amides is 2. The first-order chi connectivity index (χ1) is 12.4. The van der Waals surface area contributed by atoms with Gasteiger partial charge in [-0.1, -0.05) is 0 Å². The number of hydrogen-bond acceptors (Lipinski definition) is 3. The summed E-state index contributed by atoms with van der Waals surface area (Å²) < 4.78 is 79.5. The molecule has 1 atom stereocenters. The molecular weight excluding hydrogens is 380 g/mol. The first-order valence-corrected chi connectivity index (χ1v) is 8.18. The number of carbonyl (C=O) groups is 1. The number of ether oxygens (including phenoxy) is 1. The Bertz CT molecular complexity index is 658. The number of halogens is 6. The Morgan fingerprint density at radius 3 is 2.52 bits per heavy atom. The van der Waals surface area contributed by atoms with Crippen molar-refractivity contribution in [2.45, 2.75) is 44.6 Å². The van der Waals surface area contributed by atoms with Gasteiger partial charge in [0.05, 0.1) is 11.5 Å². The number of pyridine rings is 1. The van der Waals surface area contributed by atoms with Crippen LogP contribution < -0.4 is 15.4 Å². The van der Waals surface area contributed by atoms with Gasteiger partial charge in [0.1, 0.15) is 0 Å². The Morgan fingerprint density at radius 2 is 1.96 bits per heavy atom. The van der Waals surface area contributed by atoms with E-state index in [1.165, 1.54) is 18.3 Å². The smallest absolute Gasteiger partial charge is 0.422 e. The van der Waals surface area contributed by atoms with Crippen molar-refractivity contribution in [2.75, 3.05) is 13.2 Å². The topological polar surface area (TPSA) is 63.2 Å². The number of hydrogen-bond donors (Lipinski definition) is 2. The maximum Gasteiger partial charge on any atom is 0.422 e. The molecule has 2 N–H and O–H groups in total. The molecule has 2 rings (SSSR count). The second kappa shape index (κ2) is 7.81. The average molecular weight is 399 g/mol. The lowest BCUT2D eigenvalue weighted by Crippen LogP contribution is -2.39.